The van der Waals surface area contributed by atoms with E-state index in [2.05, 4.69) is 295 Å². The van der Waals surface area contributed by atoms with Crippen molar-refractivity contribution < 1.29 is 4.42 Å². The summed E-state index contributed by atoms with van der Waals surface area (Å²) < 4.78 is 6.95. The molecule has 0 unspecified atom stereocenters. The zero-order valence-electron chi connectivity index (χ0n) is 43.2. The molecule has 0 atom stereocenters. The summed E-state index contributed by atoms with van der Waals surface area (Å²) in [5, 5.41) is 6.17. The molecule has 1 aromatic heterocycles. The number of hydrogen-bond acceptors (Lipinski definition) is 4. The SMILES string of the molecule is Cc1ccccc1N1c2ccc(-c3ccccc3)cc2[B]c2c(-c3ccc(N(c4ccc(C(C)(C)C)cc4)c4ccc(C(C)(C)C)cc4)cc3Nc3ccc(-c4ccccc4)cc3)cc3oc4ccccc4c3c21. The predicted molar refractivity (Wildman–Crippen MR) is 316 cm³/mol. The third-order valence-electron chi connectivity index (χ3n) is 14.7. The van der Waals surface area contributed by atoms with E-state index in [0.29, 0.717) is 0 Å². The van der Waals surface area contributed by atoms with Crippen LogP contribution in [0.15, 0.2) is 229 Å². The van der Waals surface area contributed by atoms with Crippen molar-refractivity contribution in [1.82, 2.24) is 0 Å². The zero-order chi connectivity index (χ0) is 50.7. The van der Waals surface area contributed by atoms with Crippen molar-refractivity contribution in [2.45, 2.75) is 59.3 Å². The summed E-state index contributed by atoms with van der Waals surface area (Å²) in [4.78, 5) is 4.87. The van der Waals surface area contributed by atoms with Crippen LogP contribution in [0.25, 0.3) is 55.3 Å². The van der Waals surface area contributed by atoms with Crippen molar-refractivity contribution in [3.63, 3.8) is 0 Å². The van der Waals surface area contributed by atoms with E-state index in [4.69, 9.17) is 4.42 Å². The van der Waals surface area contributed by atoms with Crippen LogP contribution in [0.4, 0.5) is 45.5 Å². The quantitative estimate of drug-likeness (QED) is 0.146. The Morgan fingerprint density at radius 1 is 0.459 bits per heavy atom. The lowest BCUT2D eigenvalue weighted by Gasteiger charge is -2.36. The van der Waals surface area contributed by atoms with Crippen LogP contribution < -0.4 is 26.0 Å². The molecule has 0 amide bonds. The Morgan fingerprint density at radius 2 is 1.01 bits per heavy atom. The van der Waals surface area contributed by atoms with Crippen LogP contribution in [0.2, 0.25) is 0 Å². The maximum atomic E-state index is 6.95. The van der Waals surface area contributed by atoms with Gasteiger partial charge in [0.2, 0.25) is 0 Å². The number of furan rings is 1. The van der Waals surface area contributed by atoms with Crippen LogP contribution in [-0.4, -0.2) is 7.28 Å². The van der Waals surface area contributed by atoms with Crippen molar-refractivity contribution in [3.05, 3.63) is 241 Å². The molecule has 74 heavy (non-hydrogen) atoms. The topological polar surface area (TPSA) is 31.6 Å². The van der Waals surface area contributed by atoms with E-state index in [1.807, 2.05) is 0 Å². The summed E-state index contributed by atoms with van der Waals surface area (Å²) in [6.45, 7) is 15.8. The van der Waals surface area contributed by atoms with Gasteiger partial charge in [-0.25, -0.2) is 0 Å². The molecule has 0 spiro atoms. The summed E-state index contributed by atoms with van der Waals surface area (Å²) in [6, 6.07) is 81.5. The zero-order valence-corrected chi connectivity index (χ0v) is 43.2. The second-order valence-electron chi connectivity index (χ2n) is 21.8. The fourth-order valence-electron chi connectivity index (χ4n) is 10.7. The average molecular weight is 957 g/mol. The Hall–Kier alpha value is -8.54. The molecule has 359 valence electrons. The first-order valence-electron chi connectivity index (χ1n) is 25.8. The third-order valence-corrected chi connectivity index (χ3v) is 14.7. The number of nitrogens with one attached hydrogen (secondary N) is 1. The van der Waals surface area contributed by atoms with Gasteiger partial charge in [-0.1, -0.05) is 199 Å². The summed E-state index contributed by atoms with van der Waals surface area (Å²) in [6.07, 6.45) is 0. The normalized spacial score (nSPS) is 12.3. The minimum absolute atomic E-state index is 0.0159. The van der Waals surface area contributed by atoms with E-state index >= 15 is 0 Å². The van der Waals surface area contributed by atoms with Gasteiger partial charge in [-0.15, -0.1) is 0 Å². The summed E-state index contributed by atoms with van der Waals surface area (Å²) in [5.41, 5.74) is 23.0. The number of benzene rings is 10. The molecule has 4 nitrogen and oxygen atoms in total. The first-order chi connectivity index (χ1) is 35.9. The van der Waals surface area contributed by atoms with Gasteiger partial charge >= 0.3 is 0 Å². The van der Waals surface area contributed by atoms with Crippen LogP contribution >= 0.6 is 0 Å². The van der Waals surface area contributed by atoms with E-state index in [-0.39, 0.29) is 10.8 Å². The number of fused-ring (bicyclic) bond motifs is 6. The highest BCUT2D eigenvalue weighted by Crippen LogP contribution is 2.48. The molecule has 2 heterocycles. The Balaban J connectivity index is 1.11. The Bertz CT molecular complexity index is 3790. The second-order valence-corrected chi connectivity index (χ2v) is 21.8. The highest BCUT2D eigenvalue weighted by atomic mass is 16.3. The number of aryl methyl sites for hydroxylation is 1. The lowest BCUT2D eigenvalue weighted by Crippen LogP contribution is -2.41. The maximum Gasteiger partial charge on any atom is 0.197 e. The minimum atomic E-state index is 0.0159. The van der Waals surface area contributed by atoms with Gasteiger partial charge in [-0.3, -0.25) is 0 Å². The predicted octanol–water partition coefficient (Wildman–Crippen LogP) is 18.1. The fraction of sp³-hybridized carbons (Fsp3) is 0.130. The third kappa shape index (κ3) is 8.62. The number of para-hydroxylation sites is 2. The highest BCUT2D eigenvalue weighted by Gasteiger charge is 2.33. The van der Waals surface area contributed by atoms with Crippen LogP contribution in [0, 0.1) is 6.92 Å². The fourth-order valence-corrected chi connectivity index (χ4v) is 10.7. The molecule has 0 saturated carbocycles. The van der Waals surface area contributed by atoms with Gasteiger partial charge in [0.25, 0.3) is 0 Å². The van der Waals surface area contributed by atoms with Gasteiger partial charge < -0.3 is 19.5 Å². The largest absolute Gasteiger partial charge is 0.456 e. The summed E-state index contributed by atoms with van der Waals surface area (Å²) >= 11 is 0. The van der Waals surface area contributed by atoms with Gasteiger partial charge in [0.1, 0.15) is 11.2 Å². The molecule has 1 radical (unpaired) electrons. The molecule has 0 fully saturated rings. The van der Waals surface area contributed by atoms with E-state index in [1.165, 1.54) is 33.4 Å². The maximum absolute atomic E-state index is 6.95. The molecular formula is C69H59BN3O. The van der Waals surface area contributed by atoms with Gasteiger partial charge in [0, 0.05) is 50.8 Å². The molecule has 0 bridgehead atoms. The van der Waals surface area contributed by atoms with Gasteiger partial charge in [-0.2, -0.15) is 0 Å². The van der Waals surface area contributed by atoms with Crippen LogP contribution in [0.5, 0.6) is 0 Å². The van der Waals surface area contributed by atoms with Crippen molar-refractivity contribution >= 4 is 85.6 Å². The van der Waals surface area contributed by atoms with Gasteiger partial charge in [0.15, 0.2) is 7.28 Å². The van der Waals surface area contributed by atoms with Gasteiger partial charge in [-0.05, 0) is 141 Å². The Morgan fingerprint density at radius 3 is 1.65 bits per heavy atom. The smallest absolute Gasteiger partial charge is 0.197 e. The van der Waals surface area contributed by atoms with Crippen LogP contribution in [-0.2, 0) is 10.8 Å². The standard InChI is InChI=1S/C69H59BN3O/c1-45-18-14-16-24-61(45)73-62-41-28-49(47-21-12-9-13-22-47)42-59(62)70-66-58(44-64-65(67(66)73)57-23-15-17-25-63(57)74-64)56-40-39-55(43-60(56)71-52-33-26-48(27-34-52)46-19-10-8-11-20-46)72(53-35-29-50(30-36-53)68(2,3)4)54-37-31-51(32-38-54)69(5,6)7/h8-44,71H,1-7H3. The molecule has 0 aliphatic carbocycles. The first kappa shape index (κ1) is 46.5. The highest BCUT2D eigenvalue weighted by molar-refractivity contribution is 6.74. The van der Waals surface area contributed by atoms with E-state index in [0.717, 1.165) is 95.1 Å². The lowest BCUT2D eigenvalue weighted by atomic mass is 9.57. The Labute approximate surface area is 436 Å². The molecule has 0 saturated heterocycles. The van der Waals surface area contributed by atoms with Crippen molar-refractivity contribution in [1.29, 1.82) is 0 Å². The number of hydrogen-bond donors (Lipinski definition) is 1. The molecule has 1 N–H and O–H groups in total. The molecule has 1 aliphatic heterocycles. The van der Waals surface area contributed by atoms with E-state index in [1.54, 1.807) is 0 Å². The van der Waals surface area contributed by atoms with Crippen molar-refractivity contribution in [2.75, 3.05) is 15.1 Å². The van der Waals surface area contributed by atoms with E-state index < -0.39 is 0 Å². The molecule has 11 aromatic rings. The Kier molecular flexibility index (Phi) is 11.6. The molecular weight excluding hydrogens is 898 g/mol. The molecule has 12 rings (SSSR count). The van der Waals surface area contributed by atoms with Crippen molar-refractivity contribution in [2.24, 2.45) is 0 Å². The molecule has 1 aliphatic rings. The van der Waals surface area contributed by atoms with Crippen LogP contribution in [0.3, 0.4) is 0 Å². The lowest BCUT2D eigenvalue weighted by molar-refractivity contribution is 0.590. The minimum Gasteiger partial charge on any atom is -0.456 e. The average Bonchev–Trinajstić information content (AvgIpc) is 3.81. The molecule has 10 aromatic carbocycles. The summed E-state index contributed by atoms with van der Waals surface area (Å²) in [5.74, 6) is 0. The summed E-state index contributed by atoms with van der Waals surface area (Å²) in [7, 11) is 2.41. The first-order valence-corrected chi connectivity index (χ1v) is 25.8. The van der Waals surface area contributed by atoms with Crippen molar-refractivity contribution in [3.8, 4) is 33.4 Å². The van der Waals surface area contributed by atoms with E-state index in [9.17, 15) is 0 Å². The van der Waals surface area contributed by atoms with Crippen LogP contribution in [0.1, 0.15) is 58.2 Å². The van der Waals surface area contributed by atoms with Gasteiger partial charge in [0.05, 0.1) is 11.1 Å². The second kappa shape index (κ2) is 18.5. The number of nitrogens with zero attached hydrogens (tertiary/aromatic N) is 2. The molecule has 5 heteroatoms. The number of anilines is 8. The number of rotatable bonds is 9. The monoisotopic (exact) mass is 956 g/mol.